The second-order valence-electron chi connectivity index (χ2n) is 4.68. The molecule has 102 valence electrons. The maximum Gasteiger partial charge on any atom is 0.136 e. The molecule has 0 fully saturated rings. The van der Waals surface area contributed by atoms with Crippen LogP contribution >= 0.6 is 0 Å². The molecule has 0 aliphatic carbocycles. The van der Waals surface area contributed by atoms with Crippen molar-refractivity contribution in [1.29, 1.82) is 5.26 Å². The van der Waals surface area contributed by atoms with Crippen molar-refractivity contribution in [3.63, 3.8) is 0 Å². The Hall–Kier alpha value is -2.31. The smallest absolute Gasteiger partial charge is 0.136 e. The predicted octanol–water partition coefficient (Wildman–Crippen LogP) is 3.17. The highest BCUT2D eigenvalue weighted by Gasteiger charge is 2.03. The number of hydrogen-bond donors (Lipinski definition) is 1. The van der Waals surface area contributed by atoms with Crippen molar-refractivity contribution in [3.05, 3.63) is 64.7 Å². The number of hydrogen-bond acceptors (Lipinski definition) is 3. The fourth-order valence-electron chi connectivity index (χ4n) is 2.09. The predicted molar refractivity (Wildman–Crippen MR) is 79.4 cm³/mol. The molecule has 2 aromatic rings. The van der Waals surface area contributed by atoms with Gasteiger partial charge >= 0.3 is 0 Å². The van der Waals surface area contributed by atoms with E-state index in [1.54, 1.807) is 13.2 Å². The molecule has 1 N–H and O–H groups in total. The summed E-state index contributed by atoms with van der Waals surface area (Å²) in [6, 6.07) is 16.1. The molecule has 0 saturated heterocycles. The number of rotatable bonds is 5. The van der Waals surface area contributed by atoms with Gasteiger partial charge in [-0.1, -0.05) is 30.3 Å². The topological polar surface area (TPSA) is 45.0 Å². The first kappa shape index (κ1) is 14.1. The minimum atomic E-state index is 0.565. The summed E-state index contributed by atoms with van der Waals surface area (Å²) in [6.07, 6.45) is 0. The van der Waals surface area contributed by atoms with E-state index < -0.39 is 0 Å². The molecule has 2 aromatic carbocycles. The molecule has 0 spiro atoms. The van der Waals surface area contributed by atoms with Gasteiger partial charge in [0.15, 0.2) is 0 Å². The van der Waals surface area contributed by atoms with Crippen molar-refractivity contribution >= 4 is 0 Å². The average Bonchev–Trinajstić information content (AvgIpc) is 2.49. The summed E-state index contributed by atoms with van der Waals surface area (Å²) < 4.78 is 5.21. The summed E-state index contributed by atoms with van der Waals surface area (Å²) in [6.45, 7) is 3.69. The summed E-state index contributed by atoms with van der Waals surface area (Å²) in [5.41, 5.74) is 4.26. The van der Waals surface area contributed by atoms with Gasteiger partial charge in [-0.25, -0.2) is 0 Å². The van der Waals surface area contributed by atoms with Gasteiger partial charge in [0.2, 0.25) is 0 Å². The summed E-state index contributed by atoms with van der Waals surface area (Å²) >= 11 is 0. The monoisotopic (exact) mass is 266 g/mol. The molecule has 0 amide bonds. The van der Waals surface area contributed by atoms with Gasteiger partial charge in [0.25, 0.3) is 0 Å². The number of methoxy groups -OCH3 is 1. The summed E-state index contributed by atoms with van der Waals surface area (Å²) in [5.74, 6) is 0.627. The van der Waals surface area contributed by atoms with Gasteiger partial charge in [0, 0.05) is 13.1 Å². The third kappa shape index (κ3) is 3.37. The van der Waals surface area contributed by atoms with Crippen LogP contribution in [0.1, 0.15) is 22.3 Å². The van der Waals surface area contributed by atoms with Gasteiger partial charge in [0.1, 0.15) is 11.8 Å². The molecule has 0 unspecified atom stereocenters. The zero-order valence-corrected chi connectivity index (χ0v) is 11.8. The number of aryl methyl sites for hydroxylation is 1. The van der Waals surface area contributed by atoms with Gasteiger partial charge in [-0.15, -0.1) is 0 Å². The van der Waals surface area contributed by atoms with Crippen molar-refractivity contribution < 1.29 is 4.74 Å². The Kier molecular flexibility index (Phi) is 4.75. The van der Waals surface area contributed by atoms with E-state index in [0.29, 0.717) is 11.3 Å². The number of ether oxygens (including phenoxy) is 1. The first-order chi connectivity index (χ1) is 9.74. The van der Waals surface area contributed by atoms with Gasteiger partial charge in [-0.3, -0.25) is 0 Å². The van der Waals surface area contributed by atoms with E-state index >= 15 is 0 Å². The SMILES string of the molecule is COc1cc(CNCc2ccccc2C)ccc1C#N. The average molecular weight is 266 g/mol. The second kappa shape index (κ2) is 6.74. The molecule has 0 heterocycles. The molecule has 2 rings (SSSR count). The Labute approximate surface area is 119 Å². The van der Waals surface area contributed by atoms with E-state index in [2.05, 4.69) is 36.5 Å². The lowest BCUT2D eigenvalue weighted by Gasteiger charge is -2.09. The first-order valence-electron chi connectivity index (χ1n) is 6.57. The van der Waals surface area contributed by atoms with Crippen LogP contribution in [0.4, 0.5) is 0 Å². The Morgan fingerprint density at radius 1 is 1.15 bits per heavy atom. The minimum absolute atomic E-state index is 0.565. The van der Waals surface area contributed by atoms with E-state index in [1.807, 2.05) is 18.2 Å². The van der Waals surface area contributed by atoms with Crippen LogP contribution in [0.15, 0.2) is 42.5 Å². The minimum Gasteiger partial charge on any atom is -0.495 e. The molecule has 0 aromatic heterocycles. The largest absolute Gasteiger partial charge is 0.495 e. The van der Waals surface area contributed by atoms with Gasteiger partial charge in [-0.2, -0.15) is 5.26 Å². The molecular formula is C17H18N2O. The van der Waals surface area contributed by atoms with Gasteiger partial charge in [0.05, 0.1) is 12.7 Å². The van der Waals surface area contributed by atoms with Crippen LogP contribution in [-0.2, 0) is 13.1 Å². The lowest BCUT2D eigenvalue weighted by atomic mass is 10.1. The highest BCUT2D eigenvalue weighted by Crippen LogP contribution is 2.19. The molecule has 0 aliphatic rings. The first-order valence-corrected chi connectivity index (χ1v) is 6.57. The number of benzene rings is 2. The van der Waals surface area contributed by atoms with Crippen LogP contribution in [0.2, 0.25) is 0 Å². The van der Waals surface area contributed by atoms with E-state index in [4.69, 9.17) is 10.00 Å². The summed E-state index contributed by atoms with van der Waals surface area (Å²) in [5, 5.41) is 12.4. The molecular weight excluding hydrogens is 248 g/mol. The quantitative estimate of drug-likeness (QED) is 0.904. The highest BCUT2D eigenvalue weighted by molar-refractivity contribution is 5.45. The van der Waals surface area contributed by atoms with Crippen LogP contribution < -0.4 is 10.1 Å². The number of nitrogens with zero attached hydrogens (tertiary/aromatic N) is 1. The standard InChI is InChI=1S/C17H18N2O/c1-13-5-3-4-6-16(13)12-19-11-14-7-8-15(10-18)17(9-14)20-2/h3-9,19H,11-12H2,1-2H3. The van der Waals surface area contributed by atoms with E-state index in [1.165, 1.54) is 11.1 Å². The number of nitriles is 1. The van der Waals surface area contributed by atoms with E-state index in [-0.39, 0.29) is 0 Å². The molecule has 0 saturated carbocycles. The Bertz CT molecular complexity index is 629. The van der Waals surface area contributed by atoms with Crippen LogP contribution in [0, 0.1) is 18.3 Å². The summed E-state index contributed by atoms with van der Waals surface area (Å²) in [7, 11) is 1.58. The highest BCUT2D eigenvalue weighted by atomic mass is 16.5. The molecule has 0 bridgehead atoms. The van der Waals surface area contributed by atoms with Gasteiger partial charge < -0.3 is 10.1 Å². The molecule has 3 heteroatoms. The van der Waals surface area contributed by atoms with Crippen molar-refractivity contribution in [1.82, 2.24) is 5.32 Å². The third-order valence-corrected chi connectivity index (χ3v) is 3.29. The lowest BCUT2D eigenvalue weighted by molar-refractivity contribution is 0.412. The second-order valence-corrected chi connectivity index (χ2v) is 4.68. The van der Waals surface area contributed by atoms with Crippen LogP contribution in [0.3, 0.4) is 0 Å². The fourth-order valence-corrected chi connectivity index (χ4v) is 2.09. The van der Waals surface area contributed by atoms with Crippen molar-refractivity contribution in [2.75, 3.05) is 7.11 Å². The van der Waals surface area contributed by atoms with Crippen molar-refractivity contribution in [2.45, 2.75) is 20.0 Å². The lowest BCUT2D eigenvalue weighted by Crippen LogP contribution is -2.13. The molecule has 0 atom stereocenters. The van der Waals surface area contributed by atoms with Gasteiger partial charge in [-0.05, 0) is 35.7 Å². The van der Waals surface area contributed by atoms with Crippen molar-refractivity contribution in [3.8, 4) is 11.8 Å². The van der Waals surface area contributed by atoms with E-state index in [9.17, 15) is 0 Å². The van der Waals surface area contributed by atoms with Crippen molar-refractivity contribution in [2.24, 2.45) is 0 Å². The maximum absolute atomic E-state index is 8.95. The zero-order valence-electron chi connectivity index (χ0n) is 11.8. The Morgan fingerprint density at radius 3 is 2.65 bits per heavy atom. The fraction of sp³-hybridized carbons (Fsp3) is 0.235. The van der Waals surface area contributed by atoms with E-state index in [0.717, 1.165) is 18.7 Å². The zero-order chi connectivity index (χ0) is 14.4. The third-order valence-electron chi connectivity index (χ3n) is 3.29. The Morgan fingerprint density at radius 2 is 1.95 bits per heavy atom. The van der Waals surface area contributed by atoms with Crippen LogP contribution in [0.25, 0.3) is 0 Å². The summed E-state index contributed by atoms with van der Waals surface area (Å²) in [4.78, 5) is 0. The molecule has 0 radical (unpaired) electrons. The molecule has 3 nitrogen and oxygen atoms in total. The molecule has 0 aliphatic heterocycles. The Balaban J connectivity index is 1.98. The molecule has 20 heavy (non-hydrogen) atoms. The van der Waals surface area contributed by atoms with Crippen LogP contribution in [-0.4, -0.2) is 7.11 Å². The number of nitrogens with one attached hydrogen (secondary N) is 1. The normalized spacial score (nSPS) is 10.1. The van der Waals surface area contributed by atoms with Crippen LogP contribution in [0.5, 0.6) is 5.75 Å². The maximum atomic E-state index is 8.95.